The summed E-state index contributed by atoms with van der Waals surface area (Å²) in [5.41, 5.74) is 1.65. The van der Waals surface area contributed by atoms with Gasteiger partial charge in [-0.2, -0.15) is 4.31 Å². The van der Waals surface area contributed by atoms with Gasteiger partial charge in [-0.15, -0.1) is 0 Å². The molecule has 1 fully saturated rings. The Hall–Kier alpha value is -3.25. The molecule has 9 nitrogen and oxygen atoms in total. The number of methoxy groups -OCH3 is 1. The van der Waals surface area contributed by atoms with Crippen molar-refractivity contribution in [1.82, 2.24) is 14.3 Å². The van der Waals surface area contributed by atoms with E-state index in [-0.39, 0.29) is 34.2 Å². The molecule has 3 aromatic rings. The van der Waals surface area contributed by atoms with Gasteiger partial charge in [0.05, 0.1) is 12.0 Å². The number of rotatable bonds is 10. The highest BCUT2D eigenvalue weighted by atomic mass is 32.2. The zero-order chi connectivity index (χ0) is 26.5. The van der Waals surface area contributed by atoms with Crippen LogP contribution in [0.2, 0.25) is 0 Å². The lowest BCUT2D eigenvalue weighted by Crippen LogP contribution is -2.28. The summed E-state index contributed by atoms with van der Waals surface area (Å²) >= 11 is 0. The lowest BCUT2D eigenvalue weighted by molar-refractivity contribution is 0.0950. The Bertz CT molecular complexity index is 1450. The summed E-state index contributed by atoms with van der Waals surface area (Å²) in [4.78, 5) is 12.9. The highest BCUT2D eigenvalue weighted by molar-refractivity contribution is 7.89. The van der Waals surface area contributed by atoms with Crippen molar-refractivity contribution in [1.29, 1.82) is 0 Å². The van der Waals surface area contributed by atoms with E-state index in [2.05, 4.69) is 10.0 Å². The van der Waals surface area contributed by atoms with E-state index in [1.807, 2.05) is 18.2 Å². The fraction of sp³-hybridized carbons (Fsp3) is 0.269. The number of sulfonamides is 2. The third-order valence-corrected chi connectivity index (χ3v) is 9.44. The zero-order valence-corrected chi connectivity index (χ0v) is 22.0. The molecule has 1 amide bonds. The van der Waals surface area contributed by atoms with E-state index in [4.69, 9.17) is 4.74 Å². The van der Waals surface area contributed by atoms with Crippen LogP contribution in [0.3, 0.4) is 0 Å². The normalized spacial score (nSPS) is 14.4. The summed E-state index contributed by atoms with van der Waals surface area (Å²) in [6, 6.07) is 19.6. The van der Waals surface area contributed by atoms with E-state index in [0.29, 0.717) is 18.7 Å². The van der Waals surface area contributed by atoms with Gasteiger partial charge in [0.15, 0.2) is 0 Å². The van der Waals surface area contributed by atoms with Crippen molar-refractivity contribution in [2.45, 2.75) is 35.7 Å². The number of carbonyl (C=O) groups is 1. The van der Waals surface area contributed by atoms with E-state index in [9.17, 15) is 21.6 Å². The second-order valence-corrected chi connectivity index (χ2v) is 12.3. The van der Waals surface area contributed by atoms with Gasteiger partial charge in [0, 0.05) is 31.7 Å². The minimum Gasteiger partial charge on any atom is -0.495 e. The molecule has 3 aromatic carbocycles. The highest BCUT2D eigenvalue weighted by Gasteiger charge is 2.27. The molecule has 0 atom stereocenters. The van der Waals surface area contributed by atoms with Crippen LogP contribution in [-0.2, 0) is 33.1 Å². The van der Waals surface area contributed by atoms with Crippen LogP contribution >= 0.6 is 0 Å². The van der Waals surface area contributed by atoms with Gasteiger partial charge in [-0.3, -0.25) is 4.79 Å². The maximum atomic E-state index is 13.0. The summed E-state index contributed by atoms with van der Waals surface area (Å²) < 4.78 is 60.5. The summed E-state index contributed by atoms with van der Waals surface area (Å²) in [6.07, 6.45) is 1.72. The number of nitrogens with zero attached hydrogens (tertiary/aromatic N) is 1. The molecule has 1 saturated heterocycles. The maximum Gasteiger partial charge on any atom is 0.251 e. The van der Waals surface area contributed by atoms with Gasteiger partial charge in [0.1, 0.15) is 10.6 Å². The lowest BCUT2D eigenvalue weighted by Gasteiger charge is -2.15. The van der Waals surface area contributed by atoms with E-state index >= 15 is 0 Å². The van der Waals surface area contributed by atoms with Gasteiger partial charge in [0.2, 0.25) is 20.0 Å². The zero-order valence-electron chi connectivity index (χ0n) is 20.4. The first kappa shape index (κ1) is 26.8. The van der Waals surface area contributed by atoms with E-state index in [1.165, 1.54) is 41.7 Å². The summed E-state index contributed by atoms with van der Waals surface area (Å²) in [7, 11) is -6.11. The van der Waals surface area contributed by atoms with Crippen LogP contribution in [0.15, 0.2) is 82.6 Å². The molecule has 0 aromatic heterocycles. The Labute approximate surface area is 217 Å². The van der Waals surface area contributed by atoms with Crippen molar-refractivity contribution in [3.8, 4) is 5.75 Å². The molecule has 0 saturated carbocycles. The molecule has 1 aliphatic heterocycles. The van der Waals surface area contributed by atoms with Crippen LogP contribution in [0.1, 0.15) is 34.3 Å². The molecule has 4 rings (SSSR count). The average molecular weight is 544 g/mol. The Morgan fingerprint density at radius 1 is 0.865 bits per heavy atom. The van der Waals surface area contributed by atoms with Crippen LogP contribution in [0, 0.1) is 0 Å². The molecule has 1 heterocycles. The molecule has 0 spiro atoms. The Balaban J connectivity index is 1.43. The predicted octanol–water partition coefficient (Wildman–Crippen LogP) is 2.89. The van der Waals surface area contributed by atoms with Crippen LogP contribution in [0.25, 0.3) is 0 Å². The van der Waals surface area contributed by atoms with Crippen LogP contribution in [0.4, 0.5) is 0 Å². The van der Waals surface area contributed by atoms with E-state index in [1.54, 1.807) is 24.3 Å². The minimum absolute atomic E-state index is 0.0895. The third-order valence-electron chi connectivity index (χ3n) is 6.10. The molecule has 1 aliphatic rings. The van der Waals surface area contributed by atoms with Gasteiger partial charge in [-0.1, -0.05) is 42.5 Å². The van der Waals surface area contributed by atoms with Crippen molar-refractivity contribution >= 4 is 26.0 Å². The molecule has 37 heavy (non-hydrogen) atoms. The number of hydrogen-bond donors (Lipinski definition) is 2. The van der Waals surface area contributed by atoms with Gasteiger partial charge in [-0.25, -0.2) is 21.6 Å². The minimum atomic E-state index is -3.97. The summed E-state index contributed by atoms with van der Waals surface area (Å²) in [5.74, 6) is -0.358. The predicted molar refractivity (Wildman–Crippen MR) is 139 cm³/mol. The smallest absolute Gasteiger partial charge is 0.251 e. The molecular formula is C26H29N3O6S2. The lowest BCUT2D eigenvalue weighted by atomic mass is 10.2. The standard InChI is InChI=1S/C26H29N3O6S2/c1-35-24-14-11-22(17-25(24)36(31,32)28-19-20-7-3-2-4-8-20)26(30)27-18-21-9-12-23(13-10-21)37(33,34)29-15-5-6-16-29/h2-4,7-14,17,28H,5-6,15-16,18-19H2,1H3,(H,27,30). The Kier molecular flexibility index (Phi) is 8.28. The Morgan fingerprint density at radius 2 is 1.51 bits per heavy atom. The largest absolute Gasteiger partial charge is 0.495 e. The number of benzene rings is 3. The first-order valence-corrected chi connectivity index (χ1v) is 14.7. The topological polar surface area (TPSA) is 122 Å². The van der Waals surface area contributed by atoms with Crippen molar-refractivity contribution in [2.75, 3.05) is 20.2 Å². The molecule has 0 radical (unpaired) electrons. The maximum absolute atomic E-state index is 13.0. The van der Waals surface area contributed by atoms with Crippen molar-refractivity contribution in [3.63, 3.8) is 0 Å². The fourth-order valence-corrected chi connectivity index (χ4v) is 6.75. The molecule has 0 unspecified atom stereocenters. The number of ether oxygens (including phenoxy) is 1. The van der Waals surface area contributed by atoms with Gasteiger partial charge < -0.3 is 10.1 Å². The van der Waals surface area contributed by atoms with Gasteiger partial charge in [0.25, 0.3) is 5.91 Å². The van der Waals surface area contributed by atoms with Gasteiger partial charge >= 0.3 is 0 Å². The van der Waals surface area contributed by atoms with Crippen LogP contribution in [0.5, 0.6) is 5.75 Å². The number of carbonyl (C=O) groups excluding carboxylic acids is 1. The van der Waals surface area contributed by atoms with Crippen molar-refractivity contribution in [3.05, 3.63) is 89.5 Å². The highest BCUT2D eigenvalue weighted by Crippen LogP contribution is 2.25. The quantitative estimate of drug-likeness (QED) is 0.406. The van der Waals surface area contributed by atoms with Crippen LogP contribution < -0.4 is 14.8 Å². The van der Waals surface area contributed by atoms with Crippen LogP contribution in [-0.4, -0.2) is 47.2 Å². The van der Waals surface area contributed by atoms with E-state index in [0.717, 1.165) is 18.4 Å². The molecule has 0 aliphatic carbocycles. The first-order valence-electron chi connectivity index (χ1n) is 11.8. The fourth-order valence-electron chi connectivity index (χ4n) is 4.02. The SMILES string of the molecule is COc1ccc(C(=O)NCc2ccc(S(=O)(=O)N3CCCC3)cc2)cc1S(=O)(=O)NCc1ccccc1. The third kappa shape index (κ3) is 6.37. The second kappa shape index (κ2) is 11.4. The van der Waals surface area contributed by atoms with E-state index < -0.39 is 26.0 Å². The molecule has 2 N–H and O–H groups in total. The monoisotopic (exact) mass is 543 g/mol. The molecular weight excluding hydrogens is 514 g/mol. The Morgan fingerprint density at radius 3 is 2.16 bits per heavy atom. The summed E-state index contributed by atoms with van der Waals surface area (Å²) in [6.45, 7) is 1.29. The number of hydrogen-bond acceptors (Lipinski definition) is 6. The van der Waals surface area contributed by atoms with Crippen molar-refractivity contribution < 1.29 is 26.4 Å². The average Bonchev–Trinajstić information content (AvgIpc) is 3.47. The molecule has 196 valence electrons. The second-order valence-electron chi connectivity index (χ2n) is 8.61. The van der Waals surface area contributed by atoms with Gasteiger partial charge in [-0.05, 0) is 54.3 Å². The first-order chi connectivity index (χ1) is 17.7. The number of amides is 1. The summed E-state index contributed by atoms with van der Waals surface area (Å²) in [5, 5.41) is 2.75. The molecule has 11 heteroatoms. The van der Waals surface area contributed by atoms with Crippen molar-refractivity contribution in [2.24, 2.45) is 0 Å². The molecule has 0 bridgehead atoms. The number of nitrogens with one attached hydrogen (secondary N) is 2.